The highest BCUT2D eigenvalue weighted by Crippen LogP contribution is 2.20. The van der Waals surface area contributed by atoms with Crippen LogP contribution in [0.3, 0.4) is 0 Å². The summed E-state index contributed by atoms with van der Waals surface area (Å²) in [6.07, 6.45) is 3.33. The molecule has 0 bridgehead atoms. The molecular weight excluding hydrogens is 210 g/mol. The van der Waals surface area contributed by atoms with Crippen molar-refractivity contribution in [2.75, 3.05) is 6.54 Å². The van der Waals surface area contributed by atoms with Crippen LogP contribution >= 0.6 is 0 Å². The van der Waals surface area contributed by atoms with Crippen LogP contribution in [0.4, 0.5) is 0 Å². The summed E-state index contributed by atoms with van der Waals surface area (Å²) in [6, 6.07) is 11.0. The number of hydrogen-bond donors (Lipinski definition) is 1. The third-order valence-electron chi connectivity index (χ3n) is 3.20. The number of fused-ring (bicyclic) bond motifs is 1. The minimum absolute atomic E-state index is 0.605. The Labute approximate surface area is 103 Å². The summed E-state index contributed by atoms with van der Waals surface area (Å²) >= 11 is 0. The zero-order valence-electron chi connectivity index (χ0n) is 10.7. The molecule has 92 valence electrons. The molecule has 0 saturated heterocycles. The standard InChI is InChI=1S/C15H21NO/c1-3-13(16-4-2)9-10-14-11-12-7-5-6-8-15(12)17-14/h5-8,11,13,16H,3-4,9-10H2,1-2H3. The number of hydrogen-bond acceptors (Lipinski definition) is 2. The molecular formula is C15H21NO. The van der Waals surface area contributed by atoms with Crippen LogP contribution in [0, 0.1) is 0 Å². The Bertz CT molecular complexity index is 428. The van der Waals surface area contributed by atoms with Gasteiger partial charge in [0.15, 0.2) is 0 Å². The molecule has 1 aromatic heterocycles. The Balaban J connectivity index is 1.98. The van der Waals surface area contributed by atoms with Crippen molar-refractivity contribution in [3.8, 4) is 0 Å². The molecule has 0 aliphatic heterocycles. The maximum absolute atomic E-state index is 5.81. The SMILES string of the molecule is CCNC(CC)CCc1cc2ccccc2o1. The van der Waals surface area contributed by atoms with Crippen molar-refractivity contribution in [2.24, 2.45) is 0 Å². The number of para-hydroxylation sites is 1. The van der Waals surface area contributed by atoms with Gasteiger partial charge in [0.25, 0.3) is 0 Å². The Kier molecular flexibility index (Phi) is 4.21. The summed E-state index contributed by atoms with van der Waals surface area (Å²) in [5.41, 5.74) is 0.999. The van der Waals surface area contributed by atoms with E-state index < -0.39 is 0 Å². The van der Waals surface area contributed by atoms with E-state index in [1.54, 1.807) is 0 Å². The third kappa shape index (κ3) is 3.10. The van der Waals surface area contributed by atoms with Gasteiger partial charge in [0.1, 0.15) is 11.3 Å². The topological polar surface area (TPSA) is 25.2 Å². The summed E-state index contributed by atoms with van der Waals surface area (Å²) in [5.74, 6) is 1.10. The smallest absolute Gasteiger partial charge is 0.134 e. The molecule has 2 aromatic rings. The first-order valence-electron chi connectivity index (χ1n) is 6.54. The van der Waals surface area contributed by atoms with Crippen molar-refractivity contribution in [1.82, 2.24) is 5.32 Å². The van der Waals surface area contributed by atoms with E-state index in [1.807, 2.05) is 12.1 Å². The van der Waals surface area contributed by atoms with Gasteiger partial charge in [-0.05, 0) is 31.5 Å². The Hall–Kier alpha value is -1.28. The second-order valence-corrected chi connectivity index (χ2v) is 4.45. The highest BCUT2D eigenvalue weighted by atomic mass is 16.3. The molecule has 2 rings (SSSR count). The molecule has 0 spiro atoms. The van der Waals surface area contributed by atoms with Crippen LogP contribution in [0.15, 0.2) is 34.7 Å². The molecule has 2 nitrogen and oxygen atoms in total. The van der Waals surface area contributed by atoms with Gasteiger partial charge in [-0.3, -0.25) is 0 Å². The highest BCUT2D eigenvalue weighted by Gasteiger charge is 2.07. The largest absolute Gasteiger partial charge is 0.461 e. The summed E-state index contributed by atoms with van der Waals surface area (Å²) in [4.78, 5) is 0. The van der Waals surface area contributed by atoms with Crippen LogP contribution in [0.2, 0.25) is 0 Å². The van der Waals surface area contributed by atoms with Gasteiger partial charge in [-0.2, -0.15) is 0 Å². The van der Waals surface area contributed by atoms with Gasteiger partial charge in [-0.15, -0.1) is 0 Å². The zero-order chi connectivity index (χ0) is 12.1. The Morgan fingerprint density at radius 1 is 1.24 bits per heavy atom. The van der Waals surface area contributed by atoms with Gasteiger partial charge in [0, 0.05) is 17.8 Å². The molecule has 0 radical (unpaired) electrons. The van der Waals surface area contributed by atoms with E-state index in [4.69, 9.17) is 4.42 Å². The minimum Gasteiger partial charge on any atom is -0.461 e. The van der Waals surface area contributed by atoms with Crippen molar-refractivity contribution in [2.45, 2.75) is 39.2 Å². The minimum atomic E-state index is 0.605. The molecule has 0 fully saturated rings. The second-order valence-electron chi connectivity index (χ2n) is 4.45. The first-order chi connectivity index (χ1) is 8.33. The van der Waals surface area contributed by atoms with Gasteiger partial charge in [-0.25, -0.2) is 0 Å². The van der Waals surface area contributed by atoms with Gasteiger partial charge >= 0.3 is 0 Å². The number of benzene rings is 1. The maximum atomic E-state index is 5.81. The first-order valence-corrected chi connectivity index (χ1v) is 6.54. The monoisotopic (exact) mass is 231 g/mol. The van der Waals surface area contributed by atoms with E-state index in [0.717, 1.165) is 30.7 Å². The Morgan fingerprint density at radius 2 is 2.06 bits per heavy atom. The van der Waals surface area contributed by atoms with Gasteiger partial charge in [0.2, 0.25) is 0 Å². The van der Waals surface area contributed by atoms with Crippen molar-refractivity contribution in [3.63, 3.8) is 0 Å². The molecule has 1 aromatic carbocycles. The predicted molar refractivity (Wildman–Crippen MR) is 72.3 cm³/mol. The van der Waals surface area contributed by atoms with Crippen LogP contribution < -0.4 is 5.32 Å². The van der Waals surface area contributed by atoms with Crippen molar-refractivity contribution in [1.29, 1.82) is 0 Å². The lowest BCUT2D eigenvalue weighted by atomic mass is 10.1. The summed E-state index contributed by atoms with van der Waals surface area (Å²) in [5, 5.41) is 4.70. The zero-order valence-corrected chi connectivity index (χ0v) is 10.7. The lowest BCUT2D eigenvalue weighted by molar-refractivity contribution is 0.452. The van der Waals surface area contributed by atoms with Gasteiger partial charge < -0.3 is 9.73 Å². The van der Waals surface area contributed by atoms with E-state index in [9.17, 15) is 0 Å². The van der Waals surface area contributed by atoms with E-state index in [2.05, 4.69) is 37.4 Å². The number of nitrogens with one attached hydrogen (secondary N) is 1. The molecule has 1 unspecified atom stereocenters. The quantitative estimate of drug-likeness (QED) is 0.819. The van der Waals surface area contributed by atoms with Crippen molar-refractivity contribution in [3.05, 3.63) is 36.1 Å². The average molecular weight is 231 g/mol. The van der Waals surface area contributed by atoms with Crippen LogP contribution in [-0.2, 0) is 6.42 Å². The van der Waals surface area contributed by atoms with E-state index in [0.29, 0.717) is 6.04 Å². The van der Waals surface area contributed by atoms with Gasteiger partial charge in [-0.1, -0.05) is 32.0 Å². The lowest BCUT2D eigenvalue weighted by Gasteiger charge is -2.14. The molecule has 1 atom stereocenters. The molecule has 2 heteroatoms. The molecule has 0 saturated carbocycles. The summed E-state index contributed by atoms with van der Waals surface area (Å²) in [7, 11) is 0. The maximum Gasteiger partial charge on any atom is 0.134 e. The molecule has 1 heterocycles. The normalized spacial score (nSPS) is 13.1. The van der Waals surface area contributed by atoms with Gasteiger partial charge in [0.05, 0.1) is 0 Å². The van der Waals surface area contributed by atoms with Crippen LogP contribution in [0.1, 0.15) is 32.4 Å². The average Bonchev–Trinajstić information content (AvgIpc) is 2.77. The number of furan rings is 1. The fourth-order valence-corrected chi connectivity index (χ4v) is 2.22. The molecule has 17 heavy (non-hydrogen) atoms. The summed E-state index contributed by atoms with van der Waals surface area (Å²) in [6.45, 7) is 5.43. The van der Waals surface area contributed by atoms with E-state index >= 15 is 0 Å². The molecule has 0 amide bonds. The van der Waals surface area contributed by atoms with Crippen LogP contribution in [0.5, 0.6) is 0 Å². The van der Waals surface area contributed by atoms with Crippen LogP contribution in [0.25, 0.3) is 11.0 Å². The molecule has 1 N–H and O–H groups in total. The lowest BCUT2D eigenvalue weighted by Crippen LogP contribution is -2.28. The fourth-order valence-electron chi connectivity index (χ4n) is 2.22. The first kappa shape index (κ1) is 12.2. The number of aryl methyl sites for hydroxylation is 1. The Morgan fingerprint density at radius 3 is 2.76 bits per heavy atom. The highest BCUT2D eigenvalue weighted by molar-refractivity contribution is 5.77. The predicted octanol–water partition coefficient (Wildman–Crippen LogP) is 3.75. The fraction of sp³-hybridized carbons (Fsp3) is 0.467. The van der Waals surface area contributed by atoms with Crippen molar-refractivity contribution >= 4 is 11.0 Å². The molecule has 0 aliphatic rings. The summed E-state index contributed by atoms with van der Waals surface area (Å²) < 4.78 is 5.81. The van der Waals surface area contributed by atoms with Crippen molar-refractivity contribution < 1.29 is 4.42 Å². The molecule has 0 aliphatic carbocycles. The third-order valence-corrected chi connectivity index (χ3v) is 3.20. The second kappa shape index (κ2) is 5.87. The van der Waals surface area contributed by atoms with Crippen LogP contribution in [-0.4, -0.2) is 12.6 Å². The van der Waals surface area contributed by atoms with E-state index in [-0.39, 0.29) is 0 Å². The van der Waals surface area contributed by atoms with E-state index in [1.165, 1.54) is 11.8 Å². The number of rotatable bonds is 6.